The molecule has 2 aromatic heterocycles. The van der Waals surface area contributed by atoms with E-state index in [-0.39, 0.29) is 11.5 Å². The van der Waals surface area contributed by atoms with E-state index in [9.17, 15) is 4.79 Å². The number of ether oxygens (including phenoxy) is 2. The number of hydrogen-bond donors (Lipinski definition) is 0. The van der Waals surface area contributed by atoms with E-state index in [1.807, 2.05) is 11.8 Å². The Kier molecular flexibility index (Phi) is 4.82. The maximum atomic E-state index is 12.5. The molecule has 2 aromatic rings. The van der Waals surface area contributed by atoms with Crippen LogP contribution in [0.2, 0.25) is 0 Å². The SMILES string of the molecule is Cc1cncc(OCC[C@@H]2CCOC3(C2)CN(C(=O)c2ccnn2C)C3)n1. The van der Waals surface area contributed by atoms with E-state index in [0.29, 0.717) is 37.2 Å². The van der Waals surface area contributed by atoms with Crippen LogP contribution in [-0.4, -0.2) is 62.5 Å². The topological polar surface area (TPSA) is 82.4 Å². The van der Waals surface area contributed by atoms with Gasteiger partial charge in [0, 0.05) is 26.0 Å². The number of carbonyl (C=O) groups is 1. The molecule has 8 heteroatoms. The molecule has 2 fully saturated rings. The zero-order valence-electron chi connectivity index (χ0n) is 15.8. The fourth-order valence-corrected chi connectivity index (χ4v) is 3.97. The molecule has 144 valence electrons. The maximum absolute atomic E-state index is 12.5. The Balaban J connectivity index is 1.26. The molecule has 0 saturated carbocycles. The van der Waals surface area contributed by atoms with E-state index in [2.05, 4.69) is 15.1 Å². The van der Waals surface area contributed by atoms with Gasteiger partial charge in [-0.15, -0.1) is 0 Å². The molecule has 2 saturated heterocycles. The number of aromatic nitrogens is 4. The Morgan fingerprint density at radius 3 is 3.00 bits per heavy atom. The fraction of sp³-hybridized carbons (Fsp3) is 0.579. The van der Waals surface area contributed by atoms with E-state index >= 15 is 0 Å². The number of nitrogens with zero attached hydrogens (tertiary/aromatic N) is 5. The zero-order valence-corrected chi connectivity index (χ0v) is 15.8. The van der Waals surface area contributed by atoms with Gasteiger partial charge in [0.05, 0.1) is 31.6 Å². The summed E-state index contributed by atoms with van der Waals surface area (Å²) in [5.41, 5.74) is 1.27. The lowest BCUT2D eigenvalue weighted by Gasteiger charge is -2.53. The fourth-order valence-electron chi connectivity index (χ4n) is 3.97. The van der Waals surface area contributed by atoms with Gasteiger partial charge in [0.25, 0.3) is 5.91 Å². The minimum absolute atomic E-state index is 0.0210. The molecule has 0 aliphatic carbocycles. The second-order valence-corrected chi connectivity index (χ2v) is 7.53. The predicted octanol–water partition coefficient (Wildman–Crippen LogP) is 1.61. The average molecular weight is 371 g/mol. The number of likely N-dealkylation sites (tertiary alicyclic amines) is 1. The van der Waals surface area contributed by atoms with Crippen LogP contribution in [0, 0.1) is 12.8 Å². The molecular formula is C19H25N5O3. The Bertz CT molecular complexity index is 815. The highest BCUT2D eigenvalue weighted by Gasteiger charge is 2.49. The van der Waals surface area contributed by atoms with Crippen LogP contribution in [-0.2, 0) is 11.8 Å². The number of hydrogen-bond acceptors (Lipinski definition) is 6. The van der Waals surface area contributed by atoms with Gasteiger partial charge in [-0.25, -0.2) is 4.98 Å². The summed E-state index contributed by atoms with van der Waals surface area (Å²) in [4.78, 5) is 22.8. The van der Waals surface area contributed by atoms with Crippen molar-refractivity contribution in [2.24, 2.45) is 13.0 Å². The van der Waals surface area contributed by atoms with Crippen molar-refractivity contribution >= 4 is 5.91 Å². The summed E-state index contributed by atoms with van der Waals surface area (Å²) >= 11 is 0. The van der Waals surface area contributed by atoms with Gasteiger partial charge in [-0.05, 0) is 38.2 Å². The van der Waals surface area contributed by atoms with Gasteiger partial charge in [-0.2, -0.15) is 5.10 Å². The van der Waals surface area contributed by atoms with Crippen LogP contribution >= 0.6 is 0 Å². The average Bonchev–Trinajstić information content (AvgIpc) is 3.05. The van der Waals surface area contributed by atoms with Crippen molar-refractivity contribution in [3.05, 3.63) is 36.0 Å². The van der Waals surface area contributed by atoms with Gasteiger partial charge in [-0.3, -0.25) is 14.5 Å². The van der Waals surface area contributed by atoms with Gasteiger partial charge in [0.2, 0.25) is 5.88 Å². The summed E-state index contributed by atoms with van der Waals surface area (Å²) in [5, 5.41) is 4.07. The molecule has 2 aliphatic heterocycles. The smallest absolute Gasteiger partial charge is 0.272 e. The molecule has 0 radical (unpaired) electrons. The lowest BCUT2D eigenvalue weighted by molar-refractivity contribution is -0.167. The van der Waals surface area contributed by atoms with Gasteiger partial charge in [0.15, 0.2) is 0 Å². The molecule has 4 rings (SSSR count). The molecule has 8 nitrogen and oxygen atoms in total. The van der Waals surface area contributed by atoms with Crippen molar-refractivity contribution < 1.29 is 14.3 Å². The standard InChI is InChI=1S/C19H25N5O3/c1-14-10-20-11-17(22-14)26-7-4-15-5-8-27-19(9-15)12-24(13-19)18(25)16-3-6-21-23(16)2/h3,6,10-11,15H,4-5,7-9,12-13H2,1-2H3/t15-/m1/s1. The number of aryl methyl sites for hydroxylation is 2. The highest BCUT2D eigenvalue weighted by molar-refractivity contribution is 5.93. The monoisotopic (exact) mass is 371 g/mol. The lowest BCUT2D eigenvalue weighted by atomic mass is 9.79. The first-order valence-corrected chi connectivity index (χ1v) is 9.37. The Labute approximate surface area is 158 Å². The normalized spacial score (nSPS) is 21.1. The molecule has 1 atom stereocenters. The third kappa shape index (κ3) is 3.80. The maximum Gasteiger partial charge on any atom is 0.272 e. The highest BCUT2D eigenvalue weighted by Crippen LogP contribution is 2.38. The molecule has 1 spiro atoms. The summed E-state index contributed by atoms with van der Waals surface area (Å²) in [7, 11) is 1.79. The van der Waals surface area contributed by atoms with E-state index < -0.39 is 0 Å². The van der Waals surface area contributed by atoms with Crippen molar-refractivity contribution in [3.8, 4) is 5.88 Å². The second kappa shape index (κ2) is 7.26. The van der Waals surface area contributed by atoms with Crippen LogP contribution in [0.1, 0.15) is 35.4 Å². The van der Waals surface area contributed by atoms with Crippen LogP contribution in [0.4, 0.5) is 0 Å². The quantitative estimate of drug-likeness (QED) is 0.794. The van der Waals surface area contributed by atoms with Crippen LogP contribution in [0.5, 0.6) is 5.88 Å². The first-order chi connectivity index (χ1) is 13.0. The Morgan fingerprint density at radius 1 is 1.41 bits per heavy atom. The van der Waals surface area contributed by atoms with Crippen LogP contribution in [0.3, 0.4) is 0 Å². The van der Waals surface area contributed by atoms with Crippen LogP contribution < -0.4 is 4.74 Å². The number of rotatable bonds is 5. The van der Waals surface area contributed by atoms with Crippen molar-refractivity contribution in [1.29, 1.82) is 0 Å². The third-order valence-corrected chi connectivity index (χ3v) is 5.39. The Morgan fingerprint density at radius 2 is 2.26 bits per heavy atom. The van der Waals surface area contributed by atoms with E-state index in [1.54, 1.807) is 36.4 Å². The van der Waals surface area contributed by atoms with Crippen molar-refractivity contribution in [1.82, 2.24) is 24.6 Å². The molecule has 4 heterocycles. The molecule has 0 aromatic carbocycles. The summed E-state index contributed by atoms with van der Waals surface area (Å²) < 4.78 is 13.4. The molecule has 1 amide bonds. The molecule has 0 bridgehead atoms. The molecular weight excluding hydrogens is 346 g/mol. The van der Waals surface area contributed by atoms with E-state index in [1.165, 1.54) is 0 Å². The molecule has 27 heavy (non-hydrogen) atoms. The van der Waals surface area contributed by atoms with Crippen LogP contribution in [0.25, 0.3) is 0 Å². The third-order valence-electron chi connectivity index (χ3n) is 5.39. The Hall–Kier alpha value is -2.48. The van der Waals surface area contributed by atoms with E-state index in [4.69, 9.17) is 9.47 Å². The predicted molar refractivity (Wildman–Crippen MR) is 97.4 cm³/mol. The summed E-state index contributed by atoms with van der Waals surface area (Å²) in [5.74, 6) is 1.13. The molecule has 2 aliphatic rings. The molecule has 0 N–H and O–H groups in total. The van der Waals surface area contributed by atoms with Gasteiger partial charge < -0.3 is 14.4 Å². The number of carbonyl (C=O) groups excluding carboxylic acids is 1. The minimum Gasteiger partial charge on any atom is -0.477 e. The number of amides is 1. The van der Waals surface area contributed by atoms with Gasteiger partial charge >= 0.3 is 0 Å². The van der Waals surface area contributed by atoms with E-state index in [0.717, 1.165) is 31.6 Å². The van der Waals surface area contributed by atoms with Crippen molar-refractivity contribution in [2.75, 3.05) is 26.3 Å². The van der Waals surface area contributed by atoms with Crippen molar-refractivity contribution in [3.63, 3.8) is 0 Å². The van der Waals surface area contributed by atoms with Crippen LogP contribution in [0.15, 0.2) is 24.7 Å². The lowest BCUT2D eigenvalue weighted by Crippen LogP contribution is -2.66. The van der Waals surface area contributed by atoms with Gasteiger partial charge in [-0.1, -0.05) is 0 Å². The second-order valence-electron chi connectivity index (χ2n) is 7.53. The zero-order chi connectivity index (χ0) is 18.9. The minimum atomic E-state index is -0.194. The summed E-state index contributed by atoms with van der Waals surface area (Å²) in [6.45, 7) is 4.56. The molecule has 0 unspecified atom stereocenters. The van der Waals surface area contributed by atoms with Gasteiger partial charge in [0.1, 0.15) is 11.3 Å². The first-order valence-electron chi connectivity index (χ1n) is 9.37. The highest BCUT2D eigenvalue weighted by atomic mass is 16.5. The first kappa shape index (κ1) is 17.9. The summed E-state index contributed by atoms with van der Waals surface area (Å²) in [6, 6.07) is 1.75. The largest absolute Gasteiger partial charge is 0.477 e. The summed E-state index contributed by atoms with van der Waals surface area (Å²) in [6.07, 6.45) is 7.95. The van der Waals surface area contributed by atoms with Crippen molar-refractivity contribution in [2.45, 2.75) is 31.8 Å².